The second-order valence-electron chi connectivity index (χ2n) is 4.04. The van der Waals surface area contributed by atoms with Crippen molar-refractivity contribution in [1.82, 2.24) is 9.88 Å². The van der Waals surface area contributed by atoms with E-state index in [9.17, 15) is 9.59 Å². The van der Waals surface area contributed by atoms with Gasteiger partial charge in [-0.05, 0) is 31.2 Å². The van der Waals surface area contributed by atoms with Gasteiger partial charge in [-0.1, -0.05) is 0 Å². The fourth-order valence-corrected chi connectivity index (χ4v) is 1.61. The summed E-state index contributed by atoms with van der Waals surface area (Å²) in [6.45, 7) is 0.480. The van der Waals surface area contributed by atoms with E-state index in [1.165, 1.54) is 4.90 Å². The van der Waals surface area contributed by atoms with Crippen molar-refractivity contribution in [3.63, 3.8) is 0 Å². The van der Waals surface area contributed by atoms with Crippen LogP contribution in [0, 0.1) is 0 Å². The fourth-order valence-electron chi connectivity index (χ4n) is 1.61. The minimum absolute atomic E-state index is 0.401. The van der Waals surface area contributed by atoms with Gasteiger partial charge < -0.3 is 10.2 Å². The number of nitrogens with zero attached hydrogens (tertiary/aromatic N) is 2. The van der Waals surface area contributed by atoms with Crippen molar-refractivity contribution in [3.05, 3.63) is 30.1 Å². The molecule has 0 aromatic carbocycles. The van der Waals surface area contributed by atoms with E-state index in [1.54, 1.807) is 19.4 Å². The van der Waals surface area contributed by atoms with Gasteiger partial charge in [0.05, 0.1) is 6.42 Å². The molecule has 18 heavy (non-hydrogen) atoms. The molecular weight excluding hydrogens is 236 g/mol. The first-order valence-electron chi connectivity index (χ1n) is 5.54. The van der Waals surface area contributed by atoms with E-state index in [4.69, 9.17) is 10.2 Å². The van der Waals surface area contributed by atoms with E-state index in [-0.39, 0.29) is 0 Å². The molecule has 1 unspecified atom stereocenters. The third-order valence-electron chi connectivity index (χ3n) is 2.69. The number of aromatic nitrogens is 1. The zero-order valence-corrected chi connectivity index (χ0v) is 10.1. The van der Waals surface area contributed by atoms with E-state index >= 15 is 0 Å². The third kappa shape index (κ3) is 4.50. The van der Waals surface area contributed by atoms with Crippen LogP contribution in [0.2, 0.25) is 0 Å². The number of carbonyl (C=O) groups is 2. The lowest BCUT2D eigenvalue weighted by Gasteiger charge is -2.23. The highest BCUT2D eigenvalue weighted by Gasteiger charge is 2.25. The molecule has 1 aromatic rings. The lowest BCUT2D eigenvalue weighted by atomic mass is 10.1. The van der Waals surface area contributed by atoms with Crippen molar-refractivity contribution in [1.29, 1.82) is 0 Å². The summed E-state index contributed by atoms with van der Waals surface area (Å²) in [5, 5.41) is 17.6. The van der Waals surface area contributed by atoms with Crippen LogP contribution in [0.1, 0.15) is 12.0 Å². The highest BCUT2D eigenvalue weighted by Crippen LogP contribution is 2.05. The number of rotatable bonds is 7. The molecule has 0 fully saturated rings. The first kappa shape index (κ1) is 14.1. The highest BCUT2D eigenvalue weighted by atomic mass is 16.4. The Kier molecular flexibility index (Phi) is 5.26. The molecule has 1 aromatic heterocycles. The van der Waals surface area contributed by atoms with Crippen LogP contribution in [0.4, 0.5) is 0 Å². The van der Waals surface area contributed by atoms with Gasteiger partial charge in [0.15, 0.2) is 0 Å². The summed E-state index contributed by atoms with van der Waals surface area (Å²) in [7, 11) is 1.61. The topological polar surface area (TPSA) is 90.7 Å². The Morgan fingerprint density at radius 3 is 2.44 bits per heavy atom. The Hall–Kier alpha value is -1.95. The molecule has 0 bridgehead atoms. The summed E-state index contributed by atoms with van der Waals surface area (Å²) < 4.78 is 0. The van der Waals surface area contributed by atoms with E-state index in [0.29, 0.717) is 13.0 Å². The summed E-state index contributed by atoms with van der Waals surface area (Å²) in [5.74, 6) is -2.23. The monoisotopic (exact) mass is 252 g/mol. The quantitative estimate of drug-likeness (QED) is 0.733. The zero-order valence-electron chi connectivity index (χ0n) is 10.1. The molecule has 0 spiro atoms. The van der Waals surface area contributed by atoms with Crippen LogP contribution < -0.4 is 0 Å². The Balaban J connectivity index is 2.54. The largest absolute Gasteiger partial charge is 0.481 e. The van der Waals surface area contributed by atoms with Crippen LogP contribution >= 0.6 is 0 Å². The van der Waals surface area contributed by atoms with E-state index < -0.39 is 24.4 Å². The molecule has 1 heterocycles. The number of carboxylic acids is 2. The molecule has 0 amide bonds. The SMILES string of the molecule is CN(CCc1ccncc1)C(CC(=O)O)C(=O)O. The van der Waals surface area contributed by atoms with Gasteiger partial charge in [-0.2, -0.15) is 0 Å². The molecule has 0 aliphatic heterocycles. The van der Waals surface area contributed by atoms with Crippen molar-refractivity contribution < 1.29 is 19.8 Å². The Morgan fingerprint density at radius 2 is 1.94 bits per heavy atom. The van der Waals surface area contributed by atoms with E-state index in [0.717, 1.165) is 5.56 Å². The van der Waals surface area contributed by atoms with Gasteiger partial charge in [0, 0.05) is 18.9 Å². The lowest BCUT2D eigenvalue weighted by molar-refractivity contribution is -0.149. The Bertz CT molecular complexity index is 408. The number of hydrogen-bond donors (Lipinski definition) is 2. The summed E-state index contributed by atoms with van der Waals surface area (Å²) >= 11 is 0. The molecule has 0 aliphatic carbocycles. The first-order chi connectivity index (χ1) is 8.50. The minimum atomic E-state index is -1.12. The normalized spacial score (nSPS) is 12.3. The number of pyridine rings is 1. The average Bonchev–Trinajstić information content (AvgIpc) is 2.34. The maximum atomic E-state index is 11.0. The van der Waals surface area contributed by atoms with Crippen LogP contribution in [0.15, 0.2) is 24.5 Å². The van der Waals surface area contributed by atoms with Crippen LogP contribution in [-0.2, 0) is 16.0 Å². The van der Waals surface area contributed by atoms with Gasteiger partial charge in [-0.25, -0.2) is 0 Å². The van der Waals surface area contributed by atoms with Gasteiger partial charge in [0.1, 0.15) is 6.04 Å². The minimum Gasteiger partial charge on any atom is -0.481 e. The molecule has 98 valence electrons. The molecule has 1 rings (SSSR count). The summed E-state index contributed by atoms with van der Waals surface area (Å²) in [6, 6.07) is 2.70. The van der Waals surface area contributed by atoms with Gasteiger partial charge >= 0.3 is 11.9 Å². The summed E-state index contributed by atoms with van der Waals surface area (Å²) in [6.07, 6.45) is 3.59. The Morgan fingerprint density at radius 1 is 1.33 bits per heavy atom. The molecule has 0 radical (unpaired) electrons. The zero-order chi connectivity index (χ0) is 13.5. The van der Waals surface area contributed by atoms with Crippen molar-refractivity contribution in [3.8, 4) is 0 Å². The van der Waals surface area contributed by atoms with Crippen molar-refractivity contribution >= 4 is 11.9 Å². The first-order valence-corrected chi connectivity index (χ1v) is 5.54. The Labute approximate surface area is 105 Å². The third-order valence-corrected chi connectivity index (χ3v) is 2.69. The predicted octanol–water partition coefficient (Wildman–Crippen LogP) is 0.484. The molecule has 0 aliphatic rings. The van der Waals surface area contributed by atoms with Crippen LogP contribution in [0.25, 0.3) is 0 Å². The van der Waals surface area contributed by atoms with E-state index in [2.05, 4.69) is 4.98 Å². The van der Waals surface area contributed by atoms with Gasteiger partial charge in [0.2, 0.25) is 0 Å². The van der Waals surface area contributed by atoms with Gasteiger partial charge in [0.25, 0.3) is 0 Å². The molecular formula is C12H16N2O4. The van der Waals surface area contributed by atoms with Crippen molar-refractivity contribution in [2.75, 3.05) is 13.6 Å². The highest BCUT2D eigenvalue weighted by molar-refractivity contribution is 5.80. The van der Waals surface area contributed by atoms with Gasteiger partial charge in [-0.15, -0.1) is 0 Å². The van der Waals surface area contributed by atoms with Crippen molar-refractivity contribution in [2.24, 2.45) is 0 Å². The number of likely N-dealkylation sites (N-methyl/N-ethyl adjacent to an activating group) is 1. The van der Waals surface area contributed by atoms with Crippen LogP contribution in [0.5, 0.6) is 0 Å². The average molecular weight is 252 g/mol. The standard InChI is InChI=1S/C12H16N2O4/c1-14(10(12(17)18)8-11(15)16)7-4-9-2-5-13-6-3-9/h2-3,5-6,10H,4,7-8H2,1H3,(H,15,16)(H,17,18). The predicted molar refractivity (Wildman–Crippen MR) is 64.2 cm³/mol. The number of hydrogen-bond acceptors (Lipinski definition) is 4. The molecule has 6 nitrogen and oxygen atoms in total. The molecule has 2 N–H and O–H groups in total. The maximum absolute atomic E-state index is 11.0. The van der Waals surface area contributed by atoms with E-state index in [1.807, 2.05) is 12.1 Å². The summed E-state index contributed by atoms with van der Waals surface area (Å²) in [4.78, 5) is 27.0. The molecule has 1 atom stereocenters. The van der Waals surface area contributed by atoms with Crippen LogP contribution in [0.3, 0.4) is 0 Å². The molecule has 0 saturated carbocycles. The second kappa shape index (κ2) is 6.70. The second-order valence-corrected chi connectivity index (χ2v) is 4.04. The van der Waals surface area contributed by atoms with Crippen LogP contribution in [-0.4, -0.2) is 51.7 Å². The van der Waals surface area contributed by atoms with Crippen molar-refractivity contribution in [2.45, 2.75) is 18.9 Å². The van der Waals surface area contributed by atoms with Gasteiger partial charge in [-0.3, -0.25) is 19.5 Å². The number of aliphatic carboxylic acids is 2. The molecule has 0 saturated heterocycles. The lowest BCUT2D eigenvalue weighted by Crippen LogP contribution is -2.41. The maximum Gasteiger partial charge on any atom is 0.321 e. The summed E-state index contributed by atoms with van der Waals surface area (Å²) in [5.41, 5.74) is 1.04. The molecule has 6 heteroatoms. The number of carboxylic acid groups (broad SMARTS) is 2. The smallest absolute Gasteiger partial charge is 0.321 e. The fraction of sp³-hybridized carbons (Fsp3) is 0.417.